The van der Waals surface area contributed by atoms with Crippen molar-refractivity contribution in [1.29, 1.82) is 0 Å². The molecule has 2 aliphatic rings. The van der Waals surface area contributed by atoms with Crippen LogP contribution in [-0.4, -0.2) is 23.4 Å². The lowest BCUT2D eigenvalue weighted by atomic mass is 9.81. The van der Waals surface area contributed by atoms with Crippen LogP contribution in [0.15, 0.2) is 0 Å². The minimum Gasteiger partial charge on any atom is -0.351 e. The Hall–Kier alpha value is -1.06. The number of fused-ring (bicyclic) bond motifs is 3. The maximum absolute atomic E-state index is 13.0. The summed E-state index contributed by atoms with van der Waals surface area (Å²) in [4.78, 5) is 25.7. The highest BCUT2D eigenvalue weighted by Gasteiger charge is 2.45. The van der Waals surface area contributed by atoms with Gasteiger partial charge in [0.05, 0.1) is 0 Å². The highest BCUT2D eigenvalue weighted by Crippen LogP contribution is 2.33. The third-order valence-corrected chi connectivity index (χ3v) is 6.45. The van der Waals surface area contributed by atoms with Crippen molar-refractivity contribution in [2.75, 3.05) is 0 Å². The first-order chi connectivity index (χ1) is 12.4. The van der Waals surface area contributed by atoms with E-state index in [2.05, 4.69) is 17.6 Å². The number of nitrogens with one attached hydrogen (secondary N) is 2. The number of amides is 2. The van der Waals surface area contributed by atoms with Crippen molar-refractivity contribution in [2.24, 2.45) is 5.41 Å². The van der Waals surface area contributed by atoms with Crippen LogP contribution in [0, 0.1) is 5.41 Å². The van der Waals surface area contributed by atoms with Crippen molar-refractivity contribution in [3.8, 4) is 0 Å². The molecule has 2 amide bonds. The molecule has 0 aromatic rings. The Morgan fingerprint density at radius 2 is 1.65 bits per heavy atom. The van der Waals surface area contributed by atoms with Gasteiger partial charge in [0.2, 0.25) is 11.8 Å². The molecule has 0 radical (unpaired) electrons. The lowest BCUT2D eigenvalue weighted by molar-refractivity contribution is -0.138. The first-order valence-corrected chi connectivity index (χ1v) is 11.0. The molecule has 2 bridgehead atoms. The molecular formula is C22H40N2O2. The molecular weight excluding hydrogens is 324 g/mol. The standard InChI is InChI=1S/C22H40N2O2/c1-4-5-6-7-8-9-10-15-21(2,3)19(25)24-22-16-11-13-18(14-12-17-22)23-20(22)26/h18H,4-17H2,1-3H3,(H,23,26)(H,24,25). The fourth-order valence-electron chi connectivity index (χ4n) is 4.47. The predicted octanol–water partition coefficient (Wildman–Crippen LogP) is 4.86. The average Bonchev–Trinajstić information content (AvgIpc) is 2.81. The molecule has 4 heteroatoms. The Balaban J connectivity index is 1.83. The Morgan fingerprint density at radius 3 is 2.27 bits per heavy atom. The molecule has 0 aromatic heterocycles. The summed E-state index contributed by atoms with van der Waals surface area (Å²) in [5.74, 6) is 0.108. The topological polar surface area (TPSA) is 58.2 Å². The summed E-state index contributed by atoms with van der Waals surface area (Å²) >= 11 is 0. The molecule has 2 rings (SSSR count). The lowest BCUT2D eigenvalue weighted by Gasteiger charge is -2.35. The van der Waals surface area contributed by atoms with Crippen LogP contribution in [0.2, 0.25) is 0 Å². The predicted molar refractivity (Wildman–Crippen MR) is 107 cm³/mol. The minimum absolute atomic E-state index is 0.0533. The van der Waals surface area contributed by atoms with Crippen molar-refractivity contribution in [1.82, 2.24) is 10.6 Å². The van der Waals surface area contributed by atoms with Crippen LogP contribution in [0.25, 0.3) is 0 Å². The van der Waals surface area contributed by atoms with Crippen molar-refractivity contribution in [2.45, 2.75) is 122 Å². The average molecular weight is 365 g/mol. The van der Waals surface area contributed by atoms with E-state index >= 15 is 0 Å². The smallest absolute Gasteiger partial charge is 0.245 e. The number of rotatable bonds is 10. The van der Waals surface area contributed by atoms with Crippen LogP contribution >= 0.6 is 0 Å². The Bertz CT molecular complexity index is 463. The number of carbonyl (C=O) groups is 2. The first-order valence-electron chi connectivity index (χ1n) is 11.0. The van der Waals surface area contributed by atoms with Crippen molar-refractivity contribution >= 4 is 11.8 Å². The van der Waals surface area contributed by atoms with Gasteiger partial charge in [-0.3, -0.25) is 9.59 Å². The molecule has 2 aliphatic heterocycles. The third kappa shape index (κ3) is 5.72. The van der Waals surface area contributed by atoms with E-state index in [0.29, 0.717) is 6.04 Å². The van der Waals surface area contributed by atoms with Gasteiger partial charge in [-0.05, 0) is 44.9 Å². The largest absolute Gasteiger partial charge is 0.351 e. The monoisotopic (exact) mass is 364 g/mol. The minimum atomic E-state index is -0.667. The quantitative estimate of drug-likeness (QED) is 0.544. The lowest BCUT2D eigenvalue weighted by Crippen LogP contribution is -2.59. The van der Waals surface area contributed by atoms with Crippen molar-refractivity contribution < 1.29 is 9.59 Å². The van der Waals surface area contributed by atoms with E-state index in [1.807, 2.05) is 13.8 Å². The zero-order chi connectivity index (χ0) is 19.0. The van der Waals surface area contributed by atoms with E-state index in [-0.39, 0.29) is 11.8 Å². The van der Waals surface area contributed by atoms with Gasteiger partial charge in [0.15, 0.2) is 0 Å². The summed E-state index contributed by atoms with van der Waals surface area (Å²) in [5, 5.41) is 6.37. The Morgan fingerprint density at radius 1 is 1.08 bits per heavy atom. The molecule has 0 aromatic carbocycles. The fraction of sp³-hybridized carbons (Fsp3) is 0.909. The molecule has 2 fully saturated rings. The van der Waals surface area contributed by atoms with Gasteiger partial charge in [-0.1, -0.05) is 65.7 Å². The summed E-state index contributed by atoms with van der Waals surface area (Å²) in [5.41, 5.74) is -1.07. The maximum atomic E-state index is 13.0. The third-order valence-electron chi connectivity index (χ3n) is 6.45. The molecule has 0 aliphatic carbocycles. The van der Waals surface area contributed by atoms with E-state index in [4.69, 9.17) is 0 Å². The van der Waals surface area contributed by atoms with E-state index in [1.165, 1.54) is 38.5 Å². The van der Waals surface area contributed by atoms with Gasteiger partial charge in [0, 0.05) is 11.5 Å². The molecule has 2 heterocycles. The van der Waals surface area contributed by atoms with Gasteiger partial charge in [-0.25, -0.2) is 0 Å². The molecule has 2 N–H and O–H groups in total. The van der Waals surface area contributed by atoms with Gasteiger partial charge in [-0.2, -0.15) is 0 Å². The molecule has 150 valence electrons. The van der Waals surface area contributed by atoms with E-state index in [9.17, 15) is 9.59 Å². The van der Waals surface area contributed by atoms with Crippen molar-refractivity contribution in [3.05, 3.63) is 0 Å². The van der Waals surface area contributed by atoms with Crippen molar-refractivity contribution in [3.63, 3.8) is 0 Å². The van der Waals surface area contributed by atoms with E-state index in [1.54, 1.807) is 0 Å². The Labute approximate surface area is 160 Å². The normalized spacial score (nSPS) is 26.1. The van der Waals surface area contributed by atoms with Gasteiger partial charge >= 0.3 is 0 Å². The number of hydrogen-bond donors (Lipinski definition) is 2. The fourth-order valence-corrected chi connectivity index (χ4v) is 4.47. The summed E-state index contributed by atoms with van der Waals surface area (Å²) in [6, 6.07) is 0.310. The van der Waals surface area contributed by atoms with Gasteiger partial charge in [-0.15, -0.1) is 0 Å². The maximum Gasteiger partial charge on any atom is 0.245 e. The highest BCUT2D eigenvalue weighted by atomic mass is 16.2. The molecule has 4 nitrogen and oxygen atoms in total. The molecule has 0 saturated carbocycles. The summed E-state index contributed by atoms with van der Waals surface area (Å²) < 4.78 is 0. The van der Waals surface area contributed by atoms with Crippen LogP contribution in [-0.2, 0) is 9.59 Å². The molecule has 2 saturated heterocycles. The first kappa shape index (κ1) is 21.2. The number of unbranched alkanes of at least 4 members (excludes halogenated alkanes) is 6. The summed E-state index contributed by atoms with van der Waals surface area (Å²) in [6.07, 6.45) is 15.4. The van der Waals surface area contributed by atoms with Gasteiger partial charge in [0.1, 0.15) is 5.54 Å². The number of hydrogen-bond acceptors (Lipinski definition) is 2. The molecule has 0 spiro atoms. The van der Waals surface area contributed by atoms with Crippen LogP contribution in [0.4, 0.5) is 0 Å². The molecule has 0 atom stereocenters. The van der Waals surface area contributed by atoms with Gasteiger partial charge in [0.25, 0.3) is 0 Å². The highest BCUT2D eigenvalue weighted by molar-refractivity contribution is 5.93. The van der Waals surface area contributed by atoms with Crippen LogP contribution < -0.4 is 10.6 Å². The van der Waals surface area contributed by atoms with Crippen LogP contribution in [0.1, 0.15) is 111 Å². The summed E-state index contributed by atoms with van der Waals surface area (Å²) in [7, 11) is 0. The SMILES string of the molecule is CCCCCCCCCC(C)(C)C(=O)NC12CCCC(CCC1)NC2=O. The van der Waals surface area contributed by atoms with E-state index in [0.717, 1.165) is 51.4 Å². The van der Waals surface area contributed by atoms with Gasteiger partial charge < -0.3 is 10.6 Å². The zero-order valence-electron chi connectivity index (χ0n) is 17.3. The van der Waals surface area contributed by atoms with Crippen LogP contribution in [0.3, 0.4) is 0 Å². The second-order valence-corrected chi connectivity index (χ2v) is 9.25. The Kier molecular flexibility index (Phi) is 7.97. The second kappa shape index (κ2) is 9.75. The summed E-state index contributed by atoms with van der Waals surface area (Å²) in [6.45, 7) is 6.30. The van der Waals surface area contributed by atoms with E-state index < -0.39 is 11.0 Å². The van der Waals surface area contributed by atoms with Crippen LogP contribution in [0.5, 0.6) is 0 Å². The zero-order valence-corrected chi connectivity index (χ0v) is 17.3. The number of carbonyl (C=O) groups excluding carboxylic acids is 2. The molecule has 26 heavy (non-hydrogen) atoms. The molecule has 0 unspecified atom stereocenters. The second-order valence-electron chi connectivity index (χ2n) is 9.25.